The molecule has 1 aromatic carbocycles. The second kappa shape index (κ2) is 7.83. The van der Waals surface area contributed by atoms with Crippen LogP contribution in [0.4, 0.5) is 5.82 Å². The number of anilines is 1. The molecule has 0 radical (unpaired) electrons. The number of methoxy groups -OCH3 is 1. The summed E-state index contributed by atoms with van der Waals surface area (Å²) in [7, 11) is 1.64. The summed E-state index contributed by atoms with van der Waals surface area (Å²) in [6.45, 7) is 6.69. The highest BCUT2D eigenvalue weighted by Crippen LogP contribution is 2.26. The number of rotatable bonds is 5. The summed E-state index contributed by atoms with van der Waals surface area (Å²) >= 11 is 0. The molecule has 2 aromatic rings. The van der Waals surface area contributed by atoms with Crippen LogP contribution in [0.2, 0.25) is 0 Å². The van der Waals surface area contributed by atoms with Gasteiger partial charge in [0, 0.05) is 31.6 Å². The summed E-state index contributed by atoms with van der Waals surface area (Å²) < 4.78 is 5.12. The molecule has 1 fully saturated rings. The smallest absolute Gasteiger partial charge is 0.252 e. The van der Waals surface area contributed by atoms with E-state index in [0.29, 0.717) is 18.1 Å². The zero-order chi connectivity index (χ0) is 17.8. The first-order valence-electron chi connectivity index (χ1n) is 9.03. The SMILES string of the molecule is COC[C@H](C)NC(=O)c1cc(N2CCC[C@@H](C)C2)nc2ccccc12. The lowest BCUT2D eigenvalue weighted by Crippen LogP contribution is -2.37. The first-order chi connectivity index (χ1) is 12.1. The maximum absolute atomic E-state index is 12.8. The molecule has 1 N–H and O–H groups in total. The molecule has 2 atom stereocenters. The van der Waals surface area contributed by atoms with Crippen LogP contribution in [0.25, 0.3) is 10.9 Å². The average molecular weight is 341 g/mol. The van der Waals surface area contributed by atoms with Crippen molar-refractivity contribution in [1.82, 2.24) is 10.3 Å². The van der Waals surface area contributed by atoms with E-state index in [-0.39, 0.29) is 11.9 Å². The Morgan fingerprint density at radius 2 is 2.24 bits per heavy atom. The van der Waals surface area contributed by atoms with Gasteiger partial charge in [0.25, 0.3) is 5.91 Å². The Morgan fingerprint density at radius 1 is 1.44 bits per heavy atom. The number of aromatic nitrogens is 1. The molecule has 2 heterocycles. The van der Waals surface area contributed by atoms with Gasteiger partial charge in [0.2, 0.25) is 0 Å². The number of ether oxygens (including phenoxy) is 1. The highest BCUT2D eigenvalue weighted by Gasteiger charge is 2.21. The van der Waals surface area contributed by atoms with Crippen molar-refractivity contribution in [2.45, 2.75) is 32.7 Å². The van der Waals surface area contributed by atoms with Gasteiger partial charge in [-0.15, -0.1) is 0 Å². The third-order valence-corrected chi connectivity index (χ3v) is 4.72. The second-order valence-corrected chi connectivity index (χ2v) is 7.07. The van der Waals surface area contributed by atoms with Crippen LogP contribution in [0, 0.1) is 5.92 Å². The summed E-state index contributed by atoms with van der Waals surface area (Å²) in [6, 6.07) is 9.75. The number of hydrogen-bond acceptors (Lipinski definition) is 4. The van der Waals surface area contributed by atoms with Gasteiger partial charge in [0.1, 0.15) is 5.82 Å². The number of nitrogens with one attached hydrogen (secondary N) is 1. The number of piperidine rings is 1. The standard InChI is InChI=1S/C20H27N3O2/c1-14-7-6-10-23(12-14)19-11-17(20(24)21-15(2)13-25-3)16-8-4-5-9-18(16)22-19/h4-5,8-9,11,14-15H,6-7,10,12-13H2,1-3H3,(H,21,24)/t14-,15+/m1/s1. The fraction of sp³-hybridized carbons (Fsp3) is 0.500. The minimum atomic E-state index is -0.0746. The lowest BCUT2D eigenvalue weighted by molar-refractivity contribution is 0.0907. The van der Waals surface area contributed by atoms with Crippen molar-refractivity contribution >= 4 is 22.6 Å². The predicted octanol–water partition coefficient (Wildman–Crippen LogP) is 3.24. The van der Waals surface area contributed by atoms with E-state index in [2.05, 4.69) is 17.1 Å². The Bertz CT molecular complexity index is 747. The molecular weight excluding hydrogens is 314 g/mol. The monoisotopic (exact) mass is 341 g/mol. The molecule has 1 aromatic heterocycles. The first-order valence-corrected chi connectivity index (χ1v) is 9.03. The average Bonchev–Trinajstić information content (AvgIpc) is 2.61. The van der Waals surface area contributed by atoms with Crippen LogP contribution < -0.4 is 10.2 Å². The molecular formula is C20H27N3O2. The van der Waals surface area contributed by atoms with Gasteiger partial charge in [-0.2, -0.15) is 0 Å². The summed E-state index contributed by atoms with van der Waals surface area (Å²) in [5.41, 5.74) is 1.55. The van der Waals surface area contributed by atoms with Crippen LogP contribution >= 0.6 is 0 Å². The van der Waals surface area contributed by atoms with Crippen LogP contribution in [0.3, 0.4) is 0 Å². The van der Waals surface area contributed by atoms with Gasteiger partial charge >= 0.3 is 0 Å². The minimum Gasteiger partial charge on any atom is -0.383 e. The van der Waals surface area contributed by atoms with Crippen LogP contribution in [0.15, 0.2) is 30.3 Å². The molecule has 0 aliphatic carbocycles. The molecule has 1 aliphatic rings. The Balaban J connectivity index is 1.96. The van der Waals surface area contributed by atoms with Crippen LogP contribution in [0.5, 0.6) is 0 Å². The maximum Gasteiger partial charge on any atom is 0.252 e. The normalized spacial score (nSPS) is 19.0. The number of pyridine rings is 1. The van der Waals surface area contributed by atoms with E-state index < -0.39 is 0 Å². The van der Waals surface area contributed by atoms with Crippen molar-refractivity contribution in [3.8, 4) is 0 Å². The lowest BCUT2D eigenvalue weighted by Gasteiger charge is -2.32. The first kappa shape index (κ1) is 17.7. The Hall–Kier alpha value is -2.14. The predicted molar refractivity (Wildman–Crippen MR) is 101 cm³/mol. The van der Waals surface area contributed by atoms with Gasteiger partial charge in [0.15, 0.2) is 0 Å². The second-order valence-electron chi connectivity index (χ2n) is 7.07. The van der Waals surface area contributed by atoms with Crippen LogP contribution in [-0.4, -0.2) is 43.7 Å². The van der Waals surface area contributed by atoms with Gasteiger partial charge in [-0.3, -0.25) is 4.79 Å². The molecule has 0 bridgehead atoms. The molecule has 0 unspecified atom stereocenters. The van der Waals surface area contributed by atoms with E-state index in [1.165, 1.54) is 12.8 Å². The Labute approximate surface area is 149 Å². The van der Waals surface area contributed by atoms with E-state index in [0.717, 1.165) is 29.8 Å². The molecule has 1 amide bonds. The van der Waals surface area contributed by atoms with Gasteiger partial charge in [0.05, 0.1) is 17.7 Å². The van der Waals surface area contributed by atoms with Crippen molar-refractivity contribution in [1.29, 1.82) is 0 Å². The van der Waals surface area contributed by atoms with Crippen LogP contribution in [0.1, 0.15) is 37.0 Å². The highest BCUT2D eigenvalue weighted by atomic mass is 16.5. The van der Waals surface area contributed by atoms with Crippen molar-refractivity contribution in [3.05, 3.63) is 35.9 Å². The molecule has 25 heavy (non-hydrogen) atoms. The Morgan fingerprint density at radius 3 is 3.00 bits per heavy atom. The number of para-hydroxylation sites is 1. The van der Waals surface area contributed by atoms with Crippen molar-refractivity contribution in [2.24, 2.45) is 5.92 Å². The van der Waals surface area contributed by atoms with Crippen molar-refractivity contribution < 1.29 is 9.53 Å². The number of carbonyl (C=O) groups is 1. The third kappa shape index (κ3) is 4.10. The highest BCUT2D eigenvalue weighted by molar-refractivity contribution is 6.07. The zero-order valence-corrected chi connectivity index (χ0v) is 15.3. The van der Waals surface area contributed by atoms with E-state index in [1.807, 2.05) is 37.3 Å². The zero-order valence-electron chi connectivity index (χ0n) is 15.3. The molecule has 0 spiro atoms. The third-order valence-electron chi connectivity index (χ3n) is 4.72. The topological polar surface area (TPSA) is 54.5 Å². The number of nitrogens with zero attached hydrogens (tertiary/aromatic N) is 2. The molecule has 1 aliphatic heterocycles. The molecule has 3 rings (SSSR count). The van der Waals surface area contributed by atoms with Gasteiger partial charge < -0.3 is 15.0 Å². The van der Waals surface area contributed by atoms with Gasteiger partial charge in [-0.05, 0) is 37.8 Å². The summed E-state index contributed by atoms with van der Waals surface area (Å²) in [5, 5.41) is 3.91. The van der Waals surface area contributed by atoms with E-state index >= 15 is 0 Å². The summed E-state index contributed by atoms with van der Waals surface area (Å²) in [5.74, 6) is 1.48. The number of fused-ring (bicyclic) bond motifs is 1. The summed E-state index contributed by atoms with van der Waals surface area (Å²) in [6.07, 6.45) is 2.42. The number of amides is 1. The quantitative estimate of drug-likeness (QED) is 0.907. The van der Waals surface area contributed by atoms with Crippen LogP contribution in [-0.2, 0) is 4.74 Å². The van der Waals surface area contributed by atoms with Crippen molar-refractivity contribution in [2.75, 3.05) is 31.7 Å². The number of benzene rings is 1. The van der Waals surface area contributed by atoms with Gasteiger partial charge in [-0.25, -0.2) is 4.98 Å². The molecule has 1 saturated heterocycles. The number of carbonyl (C=O) groups excluding carboxylic acids is 1. The largest absolute Gasteiger partial charge is 0.383 e. The maximum atomic E-state index is 12.8. The fourth-order valence-electron chi connectivity index (χ4n) is 3.50. The Kier molecular flexibility index (Phi) is 5.53. The van der Waals surface area contributed by atoms with Crippen molar-refractivity contribution in [3.63, 3.8) is 0 Å². The number of hydrogen-bond donors (Lipinski definition) is 1. The van der Waals surface area contributed by atoms with Gasteiger partial charge in [-0.1, -0.05) is 25.1 Å². The summed E-state index contributed by atoms with van der Waals surface area (Å²) in [4.78, 5) is 19.9. The fourth-order valence-corrected chi connectivity index (χ4v) is 3.50. The molecule has 0 saturated carbocycles. The minimum absolute atomic E-state index is 0.0390. The van der Waals surface area contributed by atoms with E-state index in [4.69, 9.17) is 9.72 Å². The van der Waals surface area contributed by atoms with E-state index in [1.54, 1.807) is 7.11 Å². The van der Waals surface area contributed by atoms with E-state index in [9.17, 15) is 4.79 Å². The molecule has 5 heteroatoms. The molecule has 5 nitrogen and oxygen atoms in total. The lowest BCUT2D eigenvalue weighted by atomic mass is 10.00. The molecule has 134 valence electrons.